The number of likely N-dealkylation sites (tertiary alicyclic amines) is 1. The van der Waals surface area contributed by atoms with Gasteiger partial charge in [0.2, 0.25) is 0 Å². The monoisotopic (exact) mass is 322 g/mol. The van der Waals surface area contributed by atoms with E-state index in [4.69, 9.17) is 4.74 Å². The van der Waals surface area contributed by atoms with Gasteiger partial charge in [-0.25, -0.2) is 9.78 Å². The van der Waals surface area contributed by atoms with Crippen LogP contribution in [0.4, 0.5) is 4.79 Å². The molecule has 2 unspecified atom stereocenters. The second kappa shape index (κ2) is 7.81. The van der Waals surface area contributed by atoms with Gasteiger partial charge in [0.15, 0.2) is 0 Å². The number of hydrogen-bond acceptors (Lipinski definition) is 4. The van der Waals surface area contributed by atoms with E-state index in [0.717, 1.165) is 44.6 Å². The minimum atomic E-state index is -0.437. The van der Waals surface area contributed by atoms with Gasteiger partial charge in [-0.15, -0.1) is 0 Å². The maximum absolute atomic E-state index is 12.2. The van der Waals surface area contributed by atoms with Crippen LogP contribution in [0.5, 0.6) is 0 Å². The van der Waals surface area contributed by atoms with Gasteiger partial charge in [-0.2, -0.15) is 0 Å². The molecule has 6 heteroatoms. The molecule has 1 aliphatic heterocycles. The predicted octanol–water partition coefficient (Wildman–Crippen LogP) is 3.24. The number of hydrogen-bond donors (Lipinski definition) is 2. The standard InChI is InChI=1S/C17H30N4O2/c1-5-14(15-18-9-10-19-15)20-13-7-6-11-21(12-8-13)16(22)23-17(2,3)4/h9-10,13-14,20H,5-8,11-12H2,1-4H3,(H,18,19). The number of carbonyl (C=O) groups is 1. The lowest BCUT2D eigenvalue weighted by atomic mass is 10.1. The summed E-state index contributed by atoms with van der Waals surface area (Å²) in [6, 6.07) is 0.639. The van der Waals surface area contributed by atoms with E-state index < -0.39 is 5.60 Å². The van der Waals surface area contributed by atoms with Crippen molar-refractivity contribution >= 4 is 6.09 Å². The van der Waals surface area contributed by atoms with Crippen molar-refractivity contribution in [3.8, 4) is 0 Å². The maximum atomic E-state index is 12.2. The van der Waals surface area contributed by atoms with Crippen LogP contribution in [0.3, 0.4) is 0 Å². The first-order valence-corrected chi connectivity index (χ1v) is 8.62. The summed E-state index contributed by atoms with van der Waals surface area (Å²) in [5.74, 6) is 0.987. The lowest BCUT2D eigenvalue weighted by Gasteiger charge is -2.26. The van der Waals surface area contributed by atoms with Gasteiger partial charge >= 0.3 is 6.09 Å². The number of aromatic amines is 1. The summed E-state index contributed by atoms with van der Waals surface area (Å²) in [6.07, 6.45) is 7.43. The van der Waals surface area contributed by atoms with Crippen LogP contribution in [0.2, 0.25) is 0 Å². The molecule has 1 aliphatic rings. The zero-order chi connectivity index (χ0) is 16.9. The van der Waals surface area contributed by atoms with Crippen molar-refractivity contribution in [1.29, 1.82) is 0 Å². The largest absolute Gasteiger partial charge is 0.444 e. The van der Waals surface area contributed by atoms with E-state index in [1.54, 1.807) is 6.20 Å². The smallest absolute Gasteiger partial charge is 0.410 e. The average molecular weight is 322 g/mol. The molecule has 1 fully saturated rings. The van der Waals surface area contributed by atoms with Crippen LogP contribution in [0.25, 0.3) is 0 Å². The van der Waals surface area contributed by atoms with Gasteiger partial charge in [0, 0.05) is 31.5 Å². The van der Waals surface area contributed by atoms with Gasteiger partial charge in [0.25, 0.3) is 0 Å². The Balaban J connectivity index is 1.87. The molecule has 6 nitrogen and oxygen atoms in total. The minimum absolute atomic E-state index is 0.198. The van der Waals surface area contributed by atoms with E-state index in [1.807, 2.05) is 31.9 Å². The lowest BCUT2D eigenvalue weighted by Crippen LogP contribution is -2.38. The molecule has 0 aromatic carbocycles. The topological polar surface area (TPSA) is 70.2 Å². The molecule has 2 rings (SSSR count). The number of nitrogens with one attached hydrogen (secondary N) is 2. The van der Waals surface area contributed by atoms with Crippen molar-refractivity contribution in [3.05, 3.63) is 18.2 Å². The van der Waals surface area contributed by atoms with Crippen LogP contribution in [0, 0.1) is 0 Å². The number of carbonyl (C=O) groups excluding carboxylic acids is 1. The Kier molecular flexibility index (Phi) is 6.04. The number of ether oxygens (including phenoxy) is 1. The number of rotatable bonds is 4. The highest BCUT2D eigenvalue weighted by Gasteiger charge is 2.26. The van der Waals surface area contributed by atoms with Crippen molar-refractivity contribution in [2.24, 2.45) is 0 Å². The van der Waals surface area contributed by atoms with Crippen LogP contribution in [-0.4, -0.2) is 45.7 Å². The molecular weight excluding hydrogens is 292 g/mol. The molecule has 1 aromatic heterocycles. The van der Waals surface area contributed by atoms with Crippen LogP contribution in [-0.2, 0) is 4.74 Å². The van der Waals surface area contributed by atoms with Gasteiger partial charge in [0.05, 0.1) is 6.04 Å². The summed E-state index contributed by atoms with van der Waals surface area (Å²) >= 11 is 0. The molecule has 2 atom stereocenters. The lowest BCUT2D eigenvalue weighted by molar-refractivity contribution is 0.0256. The summed E-state index contributed by atoms with van der Waals surface area (Å²) in [5, 5.41) is 3.68. The van der Waals surface area contributed by atoms with E-state index >= 15 is 0 Å². The fourth-order valence-electron chi connectivity index (χ4n) is 2.91. The Morgan fingerprint density at radius 1 is 1.48 bits per heavy atom. The summed E-state index contributed by atoms with van der Waals surface area (Å²) in [7, 11) is 0. The fourth-order valence-corrected chi connectivity index (χ4v) is 2.91. The predicted molar refractivity (Wildman–Crippen MR) is 90.2 cm³/mol. The third-order valence-electron chi connectivity index (χ3n) is 4.07. The number of imidazole rings is 1. The SMILES string of the molecule is CCC(NC1CCCN(C(=O)OC(C)(C)C)CC1)c1ncc[nH]1. The quantitative estimate of drug-likeness (QED) is 0.893. The number of amides is 1. The number of nitrogens with zero attached hydrogens (tertiary/aromatic N) is 2. The van der Waals surface area contributed by atoms with Crippen molar-refractivity contribution in [3.63, 3.8) is 0 Å². The average Bonchev–Trinajstić information content (AvgIpc) is 2.89. The first kappa shape index (κ1) is 17.8. The maximum Gasteiger partial charge on any atom is 0.410 e. The Bertz CT molecular complexity index is 481. The normalized spacial score (nSPS) is 20.9. The molecule has 1 aromatic rings. The first-order valence-electron chi connectivity index (χ1n) is 8.62. The second-order valence-corrected chi connectivity index (χ2v) is 7.20. The number of H-pyrrole nitrogens is 1. The third-order valence-corrected chi connectivity index (χ3v) is 4.07. The molecule has 1 amide bonds. The third kappa shape index (κ3) is 5.53. The minimum Gasteiger partial charge on any atom is -0.444 e. The van der Waals surface area contributed by atoms with Gasteiger partial charge in [-0.05, 0) is 46.5 Å². The van der Waals surface area contributed by atoms with Gasteiger partial charge < -0.3 is 19.9 Å². The molecule has 2 N–H and O–H groups in total. The molecule has 0 radical (unpaired) electrons. The molecule has 0 aliphatic carbocycles. The van der Waals surface area contributed by atoms with Crippen LogP contribution in [0.15, 0.2) is 12.4 Å². The second-order valence-electron chi connectivity index (χ2n) is 7.20. The highest BCUT2D eigenvalue weighted by molar-refractivity contribution is 5.68. The zero-order valence-corrected chi connectivity index (χ0v) is 14.8. The molecule has 0 spiro atoms. The van der Waals surface area contributed by atoms with E-state index in [-0.39, 0.29) is 12.1 Å². The Hall–Kier alpha value is -1.56. The van der Waals surface area contributed by atoms with E-state index in [0.29, 0.717) is 6.04 Å². The first-order chi connectivity index (χ1) is 10.9. The van der Waals surface area contributed by atoms with Crippen molar-refractivity contribution in [2.75, 3.05) is 13.1 Å². The highest BCUT2D eigenvalue weighted by Crippen LogP contribution is 2.19. The van der Waals surface area contributed by atoms with Crippen LogP contribution >= 0.6 is 0 Å². The van der Waals surface area contributed by atoms with E-state index in [1.165, 1.54) is 0 Å². The molecule has 1 saturated heterocycles. The molecular formula is C17H30N4O2. The molecule has 23 heavy (non-hydrogen) atoms. The molecule has 0 saturated carbocycles. The molecule has 0 bridgehead atoms. The van der Waals surface area contributed by atoms with Crippen LogP contribution in [0.1, 0.15) is 65.2 Å². The van der Waals surface area contributed by atoms with E-state index in [9.17, 15) is 4.79 Å². The summed E-state index contributed by atoms with van der Waals surface area (Å²) < 4.78 is 5.48. The molecule has 2 heterocycles. The zero-order valence-electron chi connectivity index (χ0n) is 14.8. The van der Waals surface area contributed by atoms with E-state index in [2.05, 4.69) is 22.2 Å². The Labute approximate surface area is 139 Å². The Morgan fingerprint density at radius 2 is 2.26 bits per heavy atom. The van der Waals surface area contributed by atoms with Gasteiger partial charge in [-0.3, -0.25) is 0 Å². The van der Waals surface area contributed by atoms with Crippen LogP contribution < -0.4 is 5.32 Å². The van der Waals surface area contributed by atoms with Crippen molar-refractivity contribution < 1.29 is 9.53 Å². The molecule has 130 valence electrons. The summed E-state index contributed by atoms with van der Waals surface area (Å²) in [6.45, 7) is 9.38. The van der Waals surface area contributed by atoms with Gasteiger partial charge in [0.1, 0.15) is 11.4 Å². The van der Waals surface area contributed by atoms with Crippen molar-refractivity contribution in [1.82, 2.24) is 20.2 Å². The fraction of sp³-hybridized carbons (Fsp3) is 0.765. The Morgan fingerprint density at radius 3 is 2.87 bits per heavy atom. The van der Waals surface area contributed by atoms with Crippen molar-refractivity contribution in [2.45, 2.75) is 71.1 Å². The highest BCUT2D eigenvalue weighted by atomic mass is 16.6. The number of aromatic nitrogens is 2. The summed E-state index contributed by atoms with van der Waals surface area (Å²) in [5.41, 5.74) is -0.437. The van der Waals surface area contributed by atoms with Gasteiger partial charge in [-0.1, -0.05) is 6.92 Å². The summed E-state index contributed by atoms with van der Waals surface area (Å²) in [4.78, 5) is 21.6.